The summed E-state index contributed by atoms with van der Waals surface area (Å²) in [7, 11) is -3.90. The van der Waals surface area contributed by atoms with Crippen LogP contribution in [0.15, 0.2) is 23.1 Å². The smallest absolute Gasteiger partial charge is 0.258 e. The highest BCUT2D eigenvalue weighted by atomic mass is 32.2. The minimum atomic E-state index is -3.90. The minimum Gasteiger partial charge on any atom is -0.482 e. The summed E-state index contributed by atoms with van der Waals surface area (Å²) in [5.41, 5.74) is 0.402. The number of primary sulfonamides is 1. The molecular weight excluding hydrogens is 292 g/mol. The molecule has 0 unspecified atom stereocenters. The molecule has 0 saturated carbocycles. The van der Waals surface area contributed by atoms with E-state index >= 15 is 0 Å². The lowest BCUT2D eigenvalue weighted by Gasteiger charge is -2.24. The van der Waals surface area contributed by atoms with E-state index in [9.17, 15) is 13.2 Å². The number of nitrogens with two attached hydrogens (primary N) is 1. The lowest BCUT2D eigenvalue weighted by atomic mass is 10.0. The Morgan fingerprint density at radius 1 is 1.38 bits per heavy atom. The third-order valence-electron chi connectivity index (χ3n) is 3.13. The molecule has 0 aliphatic rings. The third kappa shape index (κ3) is 5.35. The van der Waals surface area contributed by atoms with Gasteiger partial charge in [0.05, 0.1) is 0 Å². The summed E-state index contributed by atoms with van der Waals surface area (Å²) in [6.45, 7) is 7.23. The number of hydrogen-bond donors (Lipinski definition) is 2. The lowest BCUT2D eigenvalue weighted by Crippen LogP contribution is -2.45. The molecule has 6 nitrogen and oxygen atoms in total. The number of nitrogens with one attached hydrogen (secondary N) is 1. The Morgan fingerprint density at radius 3 is 2.52 bits per heavy atom. The molecule has 0 aromatic heterocycles. The van der Waals surface area contributed by atoms with E-state index in [0.29, 0.717) is 0 Å². The molecule has 0 bridgehead atoms. The molecule has 0 aliphatic carbocycles. The van der Waals surface area contributed by atoms with Gasteiger partial charge in [-0.3, -0.25) is 4.79 Å². The van der Waals surface area contributed by atoms with Crippen molar-refractivity contribution in [3.63, 3.8) is 0 Å². The predicted molar refractivity (Wildman–Crippen MR) is 80.6 cm³/mol. The number of carbonyl (C=O) groups is 1. The van der Waals surface area contributed by atoms with Crippen LogP contribution in [0.5, 0.6) is 5.75 Å². The average molecular weight is 314 g/mol. The Morgan fingerprint density at radius 2 is 2.00 bits per heavy atom. The van der Waals surface area contributed by atoms with Gasteiger partial charge in [0.25, 0.3) is 5.91 Å². The highest BCUT2D eigenvalue weighted by molar-refractivity contribution is 7.89. The van der Waals surface area contributed by atoms with Crippen LogP contribution in [-0.2, 0) is 14.8 Å². The molecule has 1 aromatic rings. The van der Waals surface area contributed by atoms with Crippen LogP contribution in [0.3, 0.4) is 0 Å². The molecular formula is C14H22N2O4S. The van der Waals surface area contributed by atoms with Crippen molar-refractivity contribution in [1.82, 2.24) is 5.32 Å². The van der Waals surface area contributed by atoms with E-state index in [1.807, 2.05) is 20.8 Å². The van der Waals surface area contributed by atoms with Gasteiger partial charge in [0, 0.05) is 5.54 Å². The Labute approximate surface area is 125 Å². The number of ether oxygens (including phenoxy) is 1. The highest BCUT2D eigenvalue weighted by Crippen LogP contribution is 2.23. The van der Waals surface area contributed by atoms with Crippen LogP contribution < -0.4 is 15.2 Å². The molecule has 0 atom stereocenters. The third-order valence-corrected chi connectivity index (χ3v) is 4.06. The van der Waals surface area contributed by atoms with Crippen molar-refractivity contribution in [2.45, 2.75) is 44.6 Å². The summed E-state index contributed by atoms with van der Waals surface area (Å²) in [6.07, 6.45) is 0.770. The number of sulfonamides is 1. The van der Waals surface area contributed by atoms with Crippen molar-refractivity contribution in [3.05, 3.63) is 23.8 Å². The van der Waals surface area contributed by atoms with E-state index < -0.39 is 10.0 Å². The summed E-state index contributed by atoms with van der Waals surface area (Å²) in [4.78, 5) is 11.7. The Bertz CT molecular complexity index is 624. The largest absolute Gasteiger partial charge is 0.482 e. The van der Waals surface area contributed by atoms with E-state index in [1.165, 1.54) is 12.1 Å². The number of rotatable bonds is 6. The number of carbonyl (C=O) groups excluding carboxylic acids is 1. The van der Waals surface area contributed by atoms with E-state index in [2.05, 4.69) is 5.32 Å². The van der Waals surface area contributed by atoms with Crippen molar-refractivity contribution in [2.24, 2.45) is 5.14 Å². The van der Waals surface area contributed by atoms with Crippen LogP contribution in [-0.4, -0.2) is 26.5 Å². The SMILES string of the molecule is CCC(C)(C)NC(=O)COc1ccc(C)cc1S(N)(=O)=O. The fourth-order valence-electron chi connectivity index (χ4n) is 1.60. The van der Waals surface area contributed by atoms with Crippen LogP contribution in [0.4, 0.5) is 0 Å². The van der Waals surface area contributed by atoms with Gasteiger partial charge in [-0.15, -0.1) is 0 Å². The lowest BCUT2D eigenvalue weighted by molar-refractivity contribution is -0.124. The van der Waals surface area contributed by atoms with Gasteiger partial charge in [0.15, 0.2) is 6.61 Å². The van der Waals surface area contributed by atoms with Crippen LogP contribution in [0.25, 0.3) is 0 Å². The van der Waals surface area contributed by atoms with E-state index in [4.69, 9.17) is 9.88 Å². The van der Waals surface area contributed by atoms with Gasteiger partial charge in [-0.1, -0.05) is 13.0 Å². The second-order valence-corrected chi connectivity index (χ2v) is 7.10. The van der Waals surface area contributed by atoms with Crippen molar-refractivity contribution >= 4 is 15.9 Å². The summed E-state index contributed by atoms with van der Waals surface area (Å²) >= 11 is 0. The number of benzene rings is 1. The van der Waals surface area contributed by atoms with E-state index in [-0.39, 0.29) is 28.7 Å². The first-order chi connectivity index (χ1) is 9.55. The molecule has 3 N–H and O–H groups in total. The van der Waals surface area contributed by atoms with Gasteiger partial charge in [-0.05, 0) is 44.9 Å². The van der Waals surface area contributed by atoms with Crippen LogP contribution in [0.2, 0.25) is 0 Å². The number of aryl methyl sites for hydroxylation is 1. The monoisotopic (exact) mass is 314 g/mol. The van der Waals surface area contributed by atoms with Gasteiger partial charge < -0.3 is 10.1 Å². The normalized spacial score (nSPS) is 12.0. The van der Waals surface area contributed by atoms with Crippen LogP contribution >= 0.6 is 0 Å². The molecule has 0 fully saturated rings. The molecule has 0 aliphatic heterocycles. The Kier molecular flexibility index (Phi) is 5.36. The predicted octanol–water partition coefficient (Wildman–Crippen LogP) is 1.33. The minimum absolute atomic E-state index is 0.0764. The molecule has 0 heterocycles. The topological polar surface area (TPSA) is 98.5 Å². The molecule has 118 valence electrons. The molecule has 0 saturated heterocycles. The van der Waals surface area contributed by atoms with Gasteiger partial charge >= 0.3 is 0 Å². The first-order valence-corrected chi connectivity index (χ1v) is 8.17. The van der Waals surface area contributed by atoms with E-state index in [0.717, 1.165) is 12.0 Å². The summed E-state index contributed by atoms with van der Waals surface area (Å²) in [5, 5.41) is 7.95. The number of amides is 1. The van der Waals surface area contributed by atoms with E-state index in [1.54, 1.807) is 13.0 Å². The molecule has 0 radical (unpaired) electrons. The first-order valence-electron chi connectivity index (χ1n) is 6.62. The molecule has 0 spiro atoms. The van der Waals surface area contributed by atoms with Gasteiger partial charge in [-0.25, -0.2) is 13.6 Å². The first kappa shape index (κ1) is 17.5. The molecule has 1 aromatic carbocycles. The molecule has 1 amide bonds. The Balaban J connectivity index is 2.84. The maximum atomic E-state index is 11.8. The molecule has 21 heavy (non-hydrogen) atoms. The zero-order chi connectivity index (χ0) is 16.3. The van der Waals surface area contributed by atoms with Crippen LogP contribution in [0.1, 0.15) is 32.8 Å². The van der Waals surface area contributed by atoms with Crippen molar-refractivity contribution in [1.29, 1.82) is 0 Å². The van der Waals surface area contributed by atoms with Crippen molar-refractivity contribution in [2.75, 3.05) is 6.61 Å². The zero-order valence-electron chi connectivity index (χ0n) is 12.8. The summed E-state index contributed by atoms with van der Waals surface area (Å²) < 4.78 is 28.3. The van der Waals surface area contributed by atoms with Crippen molar-refractivity contribution < 1.29 is 17.9 Å². The van der Waals surface area contributed by atoms with Gasteiger partial charge in [0.1, 0.15) is 10.6 Å². The number of hydrogen-bond acceptors (Lipinski definition) is 4. The van der Waals surface area contributed by atoms with Gasteiger partial charge in [0.2, 0.25) is 10.0 Å². The Hall–Kier alpha value is -1.60. The maximum Gasteiger partial charge on any atom is 0.258 e. The maximum absolute atomic E-state index is 11.8. The van der Waals surface area contributed by atoms with Crippen molar-refractivity contribution in [3.8, 4) is 5.75 Å². The molecule has 7 heteroatoms. The summed E-state index contributed by atoms with van der Waals surface area (Å²) in [5.74, 6) is -0.240. The van der Waals surface area contributed by atoms with Gasteiger partial charge in [-0.2, -0.15) is 0 Å². The fraction of sp³-hybridized carbons (Fsp3) is 0.500. The second-order valence-electron chi connectivity index (χ2n) is 5.57. The highest BCUT2D eigenvalue weighted by Gasteiger charge is 2.20. The van der Waals surface area contributed by atoms with Crippen LogP contribution in [0, 0.1) is 6.92 Å². The fourth-order valence-corrected chi connectivity index (χ4v) is 2.36. The standard InChI is InChI=1S/C14H22N2O4S/c1-5-14(3,4)16-13(17)9-20-11-7-6-10(2)8-12(11)21(15,18)19/h6-8H,5,9H2,1-4H3,(H,16,17)(H2,15,18,19). The second kappa shape index (κ2) is 6.44. The average Bonchev–Trinajstić information content (AvgIpc) is 2.35. The zero-order valence-corrected chi connectivity index (χ0v) is 13.6. The molecule has 1 rings (SSSR count). The quantitative estimate of drug-likeness (QED) is 0.827. The summed E-state index contributed by atoms with van der Waals surface area (Å²) in [6, 6.07) is 4.60.